The highest BCUT2D eigenvalue weighted by Gasteiger charge is 2.29. The van der Waals surface area contributed by atoms with Crippen molar-refractivity contribution in [3.05, 3.63) is 35.7 Å². The molecule has 1 fully saturated rings. The van der Waals surface area contributed by atoms with E-state index in [2.05, 4.69) is 15.3 Å². The van der Waals surface area contributed by atoms with Crippen LogP contribution in [0.5, 0.6) is 5.75 Å². The fourth-order valence-corrected chi connectivity index (χ4v) is 3.36. The summed E-state index contributed by atoms with van der Waals surface area (Å²) in [4.78, 5) is 8.41. The Bertz CT molecular complexity index is 779. The number of nitrogens with zero attached hydrogens (tertiary/aromatic N) is 2. The number of alkyl halides is 2. The minimum Gasteiger partial charge on any atom is -0.485 e. The number of hydrogen-bond acceptors (Lipinski definition) is 5. The van der Waals surface area contributed by atoms with Gasteiger partial charge in [0.05, 0.1) is 5.60 Å². The summed E-state index contributed by atoms with van der Waals surface area (Å²) in [6.45, 7) is 1.14. The van der Waals surface area contributed by atoms with Gasteiger partial charge in [0.1, 0.15) is 23.2 Å². The number of hydrogen-bond donors (Lipinski definition) is 2. The van der Waals surface area contributed by atoms with Crippen molar-refractivity contribution in [2.24, 2.45) is 0 Å². The fraction of sp³-hybridized carbons (Fsp3) is 0.474. The van der Waals surface area contributed by atoms with Crippen molar-refractivity contribution in [3.63, 3.8) is 0 Å². The Morgan fingerprint density at radius 3 is 2.81 bits per heavy atom. The molecule has 5 nitrogen and oxygen atoms in total. The van der Waals surface area contributed by atoms with Gasteiger partial charge in [-0.25, -0.2) is 13.8 Å². The van der Waals surface area contributed by atoms with Gasteiger partial charge in [0.25, 0.3) is 6.43 Å². The van der Waals surface area contributed by atoms with Crippen LogP contribution in [0.15, 0.2) is 30.6 Å². The number of aromatic nitrogens is 2. The Morgan fingerprint density at radius 1 is 1.37 bits per heavy atom. The van der Waals surface area contributed by atoms with E-state index in [1.165, 1.54) is 0 Å². The Labute approximate surface area is 161 Å². The molecule has 0 aliphatic heterocycles. The summed E-state index contributed by atoms with van der Waals surface area (Å²) in [6, 6.07) is 5.08. The maximum absolute atomic E-state index is 12.6. The average Bonchev–Trinajstić information content (AvgIpc) is 2.62. The van der Waals surface area contributed by atoms with E-state index in [9.17, 15) is 13.9 Å². The van der Waals surface area contributed by atoms with E-state index < -0.39 is 18.6 Å². The van der Waals surface area contributed by atoms with Gasteiger partial charge in [-0.15, -0.1) is 0 Å². The maximum Gasteiger partial charge on any atom is 0.272 e. The zero-order chi connectivity index (χ0) is 19.4. The molecular formula is C19H22ClF2N3O2. The van der Waals surface area contributed by atoms with Gasteiger partial charge in [0.2, 0.25) is 0 Å². The molecule has 0 atom stereocenters. The van der Waals surface area contributed by atoms with Gasteiger partial charge in [-0.3, -0.25) is 4.98 Å². The van der Waals surface area contributed by atoms with E-state index in [1.54, 1.807) is 30.6 Å². The monoisotopic (exact) mass is 397 g/mol. The first kappa shape index (κ1) is 19.8. The lowest BCUT2D eigenvalue weighted by atomic mass is 9.83. The summed E-state index contributed by atoms with van der Waals surface area (Å²) < 4.78 is 30.3. The highest BCUT2D eigenvalue weighted by atomic mass is 35.5. The number of ether oxygens (including phenoxy) is 1. The van der Waals surface area contributed by atoms with Crippen molar-refractivity contribution >= 4 is 17.3 Å². The molecule has 2 N–H and O–H groups in total. The van der Waals surface area contributed by atoms with Crippen LogP contribution >= 0.6 is 11.6 Å². The molecule has 3 rings (SSSR count). The predicted octanol–water partition coefficient (Wildman–Crippen LogP) is 4.55. The Morgan fingerprint density at radius 2 is 2.11 bits per heavy atom. The van der Waals surface area contributed by atoms with Crippen LogP contribution in [0.4, 0.5) is 14.5 Å². The van der Waals surface area contributed by atoms with E-state index in [4.69, 9.17) is 16.3 Å². The van der Waals surface area contributed by atoms with Gasteiger partial charge >= 0.3 is 0 Å². The van der Waals surface area contributed by atoms with Gasteiger partial charge in [-0.05, 0) is 50.8 Å². The smallest absolute Gasteiger partial charge is 0.272 e. The highest BCUT2D eigenvalue weighted by molar-refractivity contribution is 6.29. The van der Waals surface area contributed by atoms with Crippen LogP contribution in [0.2, 0.25) is 5.15 Å². The third kappa shape index (κ3) is 5.26. The van der Waals surface area contributed by atoms with Crippen molar-refractivity contribution in [1.29, 1.82) is 0 Å². The average molecular weight is 398 g/mol. The molecule has 0 amide bonds. The first-order valence-corrected chi connectivity index (χ1v) is 9.23. The minimum atomic E-state index is -2.57. The van der Waals surface area contributed by atoms with Gasteiger partial charge in [-0.1, -0.05) is 11.6 Å². The number of pyridine rings is 2. The number of nitrogens with one attached hydrogen (secondary N) is 1. The molecule has 1 saturated carbocycles. The second kappa shape index (κ2) is 8.35. The lowest BCUT2D eigenvalue weighted by Crippen LogP contribution is -2.35. The molecule has 0 unspecified atom stereocenters. The molecular weight excluding hydrogens is 376 g/mol. The lowest BCUT2D eigenvalue weighted by molar-refractivity contribution is 0.0196. The molecule has 146 valence electrons. The summed E-state index contributed by atoms with van der Waals surface area (Å²) in [5.74, 6) is 0.261. The molecule has 27 heavy (non-hydrogen) atoms. The van der Waals surface area contributed by atoms with Crippen LogP contribution in [-0.4, -0.2) is 39.7 Å². The third-order valence-electron chi connectivity index (χ3n) is 4.68. The Hall–Kier alpha value is -1.99. The van der Waals surface area contributed by atoms with E-state index in [1.807, 2.05) is 6.92 Å². The van der Waals surface area contributed by atoms with E-state index in [0.29, 0.717) is 34.9 Å². The van der Waals surface area contributed by atoms with E-state index in [-0.39, 0.29) is 11.8 Å². The normalized spacial score (nSPS) is 22.7. The first-order chi connectivity index (χ1) is 12.8. The van der Waals surface area contributed by atoms with E-state index >= 15 is 0 Å². The van der Waals surface area contributed by atoms with Crippen molar-refractivity contribution in [2.45, 2.75) is 50.7 Å². The summed E-state index contributed by atoms with van der Waals surface area (Å²) in [6.07, 6.45) is 3.57. The molecule has 8 heteroatoms. The largest absolute Gasteiger partial charge is 0.485 e. The first-order valence-electron chi connectivity index (χ1n) is 8.85. The second-order valence-electron chi connectivity index (χ2n) is 7.02. The van der Waals surface area contributed by atoms with Crippen LogP contribution < -0.4 is 10.1 Å². The lowest BCUT2D eigenvalue weighted by Gasteiger charge is -2.34. The summed E-state index contributed by atoms with van der Waals surface area (Å²) in [5, 5.41) is 13.9. The standard InChI is InChI=1S/C19H22ClF2N3O2/c1-19(26)6-4-12(5-7-19)25-14-9-16(20)24-10-13(14)18-15(3-2-8-23-18)27-11-17(21)22/h2-3,8-10,12,17,26H,4-7,11H2,1H3,(H,24,25). The number of anilines is 1. The van der Waals surface area contributed by atoms with Crippen LogP contribution in [0.3, 0.4) is 0 Å². The predicted molar refractivity (Wildman–Crippen MR) is 100 cm³/mol. The van der Waals surface area contributed by atoms with Gasteiger partial charge in [0.15, 0.2) is 0 Å². The topological polar surface area (TPSA) is 67.3 Å². The quantitative estimate of drug-likeness (QED) is 0.700. The molecule has 0 radical (unpaired) electrons. The van der Waals surface area contributed by atoms with Crippen LogP contribution in [0.25, 0.3) is 11.3 Å². The van der Waals surface area contributed by atoms with Crippen molar-refractivity contribution < 1.29 is 18.6 Å². The number of rotatable bonds is 6. The summed E-state index contributed by atoms with van der Waals surface area (Å²) in [5.41, 5.74) is 1.13. The SMILES string of the molecule is CC1(O)CCC(Nc2cc(Cl)ncc2-c2ncccc2OCC(F)F)CC1. The molecule has 0 aromatic carbocycles. The van der Waals surface area contributed by atoms with Gasteiger partial charge in [0, 0.05) is 29.7 Å². The number of aliphatic hydroxyl groups is 1. The zero-order valence-corrected chi connectivity index (χ0v) is 15.7. The minimum absolute atomic E-state index is 0.164. The molecule has 0 bridgehead atoms. The van der Waals surface area contributed by atoms with Crippen LogP contribution in [0, 0.1) is 0 Å². The maximum atomic E-state index is 12.6. The Balaban J connectivity index is 1.87. The van der Waals surface area contributed by atoms with Crippen molar-refractivity contribution in [2.75, 3.05) is 11.9 Å². The second-order valence-corrected chi connectivity index (χ2v) is 7.41. The summed E-state index contributed by atoms with van der Waals surface area (Å²) >= 11 is 6.07. The summed E-state index contributed by atoms with van der Waals surface area (Å²) in [7, 11) is 0. The van der Waals surface area contributed by atoms with Crippen LogP contribution in [-0.2, 0) is 0 Å². The zero-order valence-electron chi connectivity index (χ0n) is 15.0. The molecule has 1 aliphatic rings. The van der Waals surface area contributed by atoms with Gasteiger partial charge in [-0.2, -0.15) is 0 Å². The molecule has 2 aromatic rings. The third-order valence-corrected chi connectivity index (χ3v) is 4.89. The highest BCUT2D eigenvalue weighted by Crippen LogP contribution is 2.36. The van der Waals surface area contributed by atoms with E-state index in [0.717, 1.165) is 12.8 Å². The molecule has 1 aliphatic carbocycles. The van der Waals surface area contributed by atoms with Crippen molar-refractivity contribution in [3.8, 4) is 17.0 Å². The molecule has 0 saturated heterocycles. The molecule has 0 spiro atoms. The fourth-order valence-electron chi connectivity index (χ4n) is 3.20. The van der Waals surface area contributed by atoms with Crippen LogP contribution in [0.1, 0.15) is 32.6 Å². The number of halogens is 3. The Kier molecular flexibility index (Phi) is 6.11. The van der Waals surface area contributed by atoms with Gasteiger partial charge < -0.3 is 15.2 Å². The molecule has 2 aromatic heterocycles. The molecule has 2 heterocycles. The van der Waals surface area contributed by atoms with Crippen molar-refractivity contribution in [1.82, 2.24) is 9.97 Å².